The van der Waals surface area contributed by atoms with E-state index in [0.717, 1.165) is 28.2 Å². The number of amides is 1. The first kappa shape index (κ1) is 20.2. The van der Waals surface area contributed by atoms with Crippen molar-refractivity contribution < 1.29 is 28.2 Å². The molecule has 5 nitrogen and oxygen atoms in total. The van der Waals surface area contributed by atoms with E-state index in [1.54, 1.807) is 24.3 Å². The molecule has 0 saturated heterocycles. The van der Waals surface area contributed by atoms with E-state index in [2.05, 4.69) is 10.3 Å². The van der Waals surface area contributed by atoms with Gasteiger partial charge in [-0.2, -0.15) is 13.2 Å². The van der Waals surface area contributed by atoms with Crippen molar-refractivity contribution in [3.8, 4) is 0 Å². The maximum absolute atomic E-state index is 12.8. The number of thiazole rings is 1. The molecule has 2 aromatic carbocycles. The number of hydrogen-bond acceptors (Lipinski definition) is 5. The Morgan fingerprint density at radius 1 is 1.14 bits per heavy atom. The van der Waals surface area contributed by atoms with Crippen LogP contribution >= 0.6 is 11.3 Å². The van der Waals surface area contributed by atoms with Gasteiger partial charge in [0.2, 0.25) is 0 Å². The fourth-order valence-electron chi connectivity index (χ4n) is 2.66. The highest BCUT2D eigenvalue weighted by Gasteiger charge is 2.32. The minimum Gasteiger partial charge on any atom is -0.383 e. The number of hydrogen-bond donors (Lipinski definition) is 3. The second kappa shape index (κ2) is 7.86. The van der Waals surface area contributed by atoms with Crippen molar-refractivity contribution in [3.05, 3.63) is 64.7 Å². The number of alkyl halides is 3. The number of carbonyl (C=O) groups is 1. The van der Waals surface area contributed by atoms with Gasteiger partial charge < -0.3 is 15.5 Å². The summed E-state index contributed by atoms with van der Waals surface area (Å²) in [7, 11) is 0. The van der Waals surface area contributed by atoms with Gasteiger partial charge >= 0.3 is 6.18 Å². The van der Waals surface area contributed by atoms with Crippen molar-refractivity contribution in [2.45, 2.75) is 31.3 Å². The predicted molar refractivity (Wildman–Crippen MR) is 98.6 cm³/mol. The number of rotatable bonds is 5. The van der Waals surface area contributed by atoms with Crippen LogP contribution in [0.25, 0.3) is 10.2 Å². The first-order valence-electron chi connectivity index (χ1n) is 8.36. The number of aromatic nitrogens is 1. The molecule has 0 bridgehead atoms. The Labute approximate surface area is 162 Å². The molecule has 9 heteroatoms. The van der Waals surface area contributed by atoms with Gasteiger partial charge in [-0.25, -0.2) is 4.98 Å². The third-order valence-electron chi connectivity index (χ3n) is 4.20. The van der Waals surface area contributed by atoms with Crippen LogP contribution in [0.2, 0.25) is 0 Å². The molecule has 0 saturated carbocycles. The Morgan fingerprint density at radius 2 is 1.86 bits per heavy atom. The van der Waals surface area contributed by atoms with Crippen LogP contribution in [-0.2, 0) is 11.0 Å². The highest BCUT2D eigenvalue weighted by atomic mass is 32.1. The second-order valence-electron chi connectivity index (χ2n) is 6.26. The van der Waals surface area contributed by atoms with Crippen molar-refractivity contribution in [3.63, 3.8) is 0 Å². The SMILES string of the molecule is CC(NC(=O)C(O)C(O)c1nc2ccccc2s1)c1cccc(C(F)(F)F)c1. The molecule has 0 aliphatic rings. The van der Waals surface area contributed by atoms with Gasteiger partial charge in [0.1, 0.15) is 11.1 Å². The summed E-state index contributed by atoms with van der Waals surface area (Å²) in [6.07, 6.45) is -7.86. The number of nitrogens with one attached hydrogen (secondary N) is 1. The van der Waals surface area contributed by atoms with Crippen molar-refractivity contribution in [1.29, 1.82) is 0 Å². The van der Waals surface area contributed by atoms with Gasteiger partial charge in [-0.1, -0.05) is 24.3 Å². The van der Waals surface area contributed by atoms with Crippen LogP contribution in [0.1, 0.15) is 35.2 Å². The van der Waals surface area contributed by atoms with Crippen LogP contribution in [-0.4, -0.2) is 27.2 Å². The quantitative estimate of drug-likeness (QED) is 0.600. The summed E-state index contributed by atoms with van der Waals surface area (Å²) in [5.74, 6) is -0.906. The van der Waals surface area contributed by atoms with Gasteiger partial charge in [-0.05, 0) is 36.8 Å². The van der Waals surface area contributed by atoms with Crippen LogP contribution in [0.5, 0.6) is 0 Å². The van der Waals surface area contributed by atoms with Crippen LogP contribution in [0.3, 0.4) is 0 Å². The van der Waals surface area contributed by atoms with E-state index in [9.17, 15) is 28.2 Å². The molecule has 1 heterocycles. The highest BCUT2D eigenvalue weighted by Crippen LogP contribution is 2.31. The number of halogens is 3. The lowest BCUT2D eigenvalue weighted by Crippen LogP contribution is -2.39. The lowest BCUT2D eigenvalue weighted by Gasteiger charge is -2.20. The Bertz CT molecular complexity index is 957. The fraction of sp³-hybridized carbons (Fsp3) is 0.263. The number of aliphatic hydroxyl groups excluding tert-OH is 2. The van der Waals surface area contributed by atoms with Gasteiger partial charge in [0.15, 0.2) is 6.10 Å². The van der Waals surface area contributed by atoms with E-state index in [0.29, 0.717) is 5.52 Å². The number of benzene rings is 2. The molecule has 3 aromatic rings. The third kappa shape index (κ3) is 4.32. The number of nitrogens with zero attached hydrogens (tertiary/aromatic N) is 1. The Kier molecular flexibility index (Phi) is 5.69. The molecular formula is C19H17F3N2O3S. The lowest BCUT2D eigenvalue weighted by atomic mass is 10.0. The topological polar surface area (TPSA) is 82.5 Å². The Morgan fingerprint density at radius 3 is 2.54 bits per heavy atom. The first-order chi connectivity index (χ1) is 13.2. The first-order valence-corrected chi connectivity index (χ1v) is 9.17. The molecule has 3 atom stereocenters. The minimum absolute atomic E-state index is 0.176. The maximum atomic E-state index is 12.8. The smallest absolute Gasteiger partial charge is 0.383 e. The van der Waals surface area contributed by atoms with E-state index < -0.39 is 35.9 Å². The molecule has 3 rings (SSSR count). The monoisotopic (exact) mass is 410 g/mol. The molecule has 0 spiro atoms. The molecule has 0 aliphatic carbocycles. The average Bonchev–Trinajstić information content (AvgIpc) is 3.10. The molecule has 148 valence electrons. The third-order valence-corrected chi connectivity index (χ3v) is 5.31. The molecule has 0 radical (unpaired) electrons. The van der Waals surface area contributed by atoms with Gasteiger partial charge in [0.05, 0.1) is 21.8 Å². The zero-order valence-electron chi connectivity index (χ0n) is 14.6. The summed E-state index contributed by atoms with van der Waals surface area (Å²) < 4.78 is 39.3. The number of fused-ring (bicyclic) bond motifs is 1. The zero-order valence-corrected chi connectivity index (χ0v) is 15.5. The van der Waals surface area contributed by atoms with Crippen molar-refractivity contribution in [2.75, 3.05) is 0 Å². The van der Waals surface area contributed by atoms with E-state index in [1.165, 1.54) is 19.1 Å². The summed E-state index contributed by atoms with van der Waals surface area (Å²) in [5, 5.41) is 23.0. The zero-order chi connectivity index (χ0) is 20.5. The van der Waals surface area contributed by atoms with Gasteiger partial charge in [0.25, 0.3) is 5.91 Å². The van der Waals surface area contributed by atoms with Crippen molar-refractivity contribution in [2.24, 2.45) is 0 Å². The summed E-state index contributed by atoms with van der Waals surface area (Å²) in [4.78, 5) is 16.5. The van der Waals surface area contributed by atoms with E-state index in [-0.39, 0.29) is 10.6 Å². The molecule has 1 aromatic heterocycles. The van der Waals surface area contributed by atoms with Gasteiger partial charge in [-0.3, -0.25) is 4.79 Å². The number of aliphatic hydroxyl groups is 2. The van der Waals surface area contributed by atoms with E-state index in [1.807, 2.05) is 0 Å². The van der Waals surface area contributed by atoms with Crippen LogP contribution in [0.4, 0.5) is 13.2 Å². The lowest BCUT2D eigenvalue weighted by molar-refractivity contribution is -0.137. The molecular weight excluding hydrogens is 393 g/mol. The molecule has 1 amide bonds. The number of para-hydroxylation sites is 1. The molecule has 0 aliphatic heterocycles. The van der Waals surface area contributed by atoms with Crippen molar-refractivity contribution in [1.82, 2.24) is 10.3 Å². The second-order valence-corrected chi connectivity index (χ2v) is 7.33. The summed E-state index contributed by atoms with van der Waals surface area (Å²) in [6.45, 7) is 1.49. The molecule has 3 unspecified atom stereocenters. The largest absolute Gasteiger partial charge is 0.416 e. The predicted octanol–water partition coefficient (Wildman–Crippen LogP) is 3.59. The van der Waals surface area contributed by atoms with Crippen LogP contribution < -0.4 is 5.32 Å². The molecule has 0 fully saturated rings. The van der Waals surface area contributed by atoms with E-state index in [4.69, 9.17) is 0 Å². The molecule has 28 heavy (non-hydrogen) atoms. The summed E-state index contributed by atoms with van der Waals surface area (Å²) in [5.41, 5.74) is 0.0255. The van der Waals surface area contributed by atoms with Crippen molar-refractivity contribution >= 4 is 27.5 Å². The Balaban J connectivity index is 1.71. The summed E-state index contributed by atoms with van der Waals surface area (Å²) in [6, 6.07) is 10.9. The van der Waals surface area contributed by atoms with Gasteiger partial charge in [0, 0.05) is 0 Å². The maximum Gasteiger partial charge on any atom is 0.416 e. The van der Waals surface area contributed by atoms with E-state index >= 15 is 0 Å². The Hall–Kier alpha value is -2.49. The minimum atomic E-state index is -4.50. The highest BCUT2D eigenvalue weighted by molar-refractivity contribution is 7.18. The average molecular weight is 410 g/mol. The molecule has 3 N–H and O–H groups in total. The fourth-order valence-corrected chi connectivity index (χ4v) is 3.65. The van der Waals surface area contributed by atoms with Crippen LogP contribution in [0.15, 0.2) is 48.5 Å². The van der Waals surface area contributed by atoms with Crippen LogP contribution in [0, 0.1) is 0 Å². The normalized spacial score (nSPS) is 15.2. The standard InChI is InChI=1S/C19H17F3N2O3S/c1-10(11-5-4-6-12(9-11)19(20,21)22)23-17(27)15(25)16(26)18-24-13-7-2-3-8-14(13)28-18/h2-10,15-16,25-26H,1H3,(H,23,27). The number of carbonyl (C=O) groups excluding carboxylic acids is 1. The van der Waals surface area contributed by atoms with Gasteiger partial charge in [-0.15, -0.1) is 11.3 Å². The summed E-state index contributed by atoms with van der Waals surface area (Å²) >= 11 is 1.14.